The molecule has 0 spiro atoms. The van der Waals surface area contributed by atoms with Crippen LogP contribution in [0, 0.1) is 0 Å². The lowest BCUT2D eigenvalue weighted by molar-refractivity contribution is 0.120. The summed E-state index contributed by atoms with van der Waals surface area (Å²) in [5.74, 6) is 0.927. The van der Waals surface area contributed by atoms with Crippen LogP contribution < -0.4 is 4.74 Å². The van der Waals surface area contributed by atoms with E-state index in [0.29, 0.717) is 6.10 Å². The maximum Gasteiger partial charge on any atom is 0.235 e. The van der Waals surface area contributed by atoms with Crippen LogP contribution in [0.25, 0.3) is 0 Å². The lowest BCUT2D eigenvalue weighted by Gasteiger charge is -2.27. The van der Waals surface area contributed by atoms with Gasteiger partial charge in [0.15, 0.2) is 0 Å². The van der Waals surface area contributed by atoms with E-state index in [1.165, 1.54) is 19.3 Å². The van der Waals surface area contributed by atoms with E-state index >= 15 is 0 Å². The van der Waals surface area contributed by atoms with Gasteiger partial charge in [-0.25, -0.2) is 4.79 Å². The number of rotatable bonds is 4. The van der Waals surface area contributed by atoms with Gasteiger partial charge in [-0.2, -0.15) is 4.99 Å². The van der Waals surface area contributed by atoms with E-state index < -0.39 is 0 Å². The van der Waals surface area contributed by atoms with Gasteiger partial charge in [-0.15, -0.1) is 0 Å². The van der Waals surface area contributed by atoms with Crippen LogP contribution in [0.3, 0.4) is 0 Å². The molecule has 1 aromatic carbocycles. The molecule has 1 aromatic rings. The predicted molar refractivity (Wildman–Crippen MR) is 73.0 cm³/mol. The van der Waals surface area contributed by atoms with E-state index in [1.807, 2.05) is 12.1 Å². The fourth-order valence-electron chi connectivity index (χ4n) is 3.04. The van der Waals surface area contributed by atoms with Crippen molar-refractivity contribution in [2.45, 2.75) is 56.6 Å². The molecule has 0 heterocycles. The molecule has 0 aliphatic heterocycles. The molecule has 0 aromatic heterocycles. The molecule has 0 bridgehead atoms. The second kappa shape index (κ2) is 5.18. The van der Waals surface area contributed by atoms with Crippen molar-refractivity contribution >= 4 is 6.08 Å². The summed E-state index contributed by atoms with van der Waals surface area (Å²) in [6.07, 6.45) is 9.93. The molecule has 0 saturated heterocycles. The molecule has 2 aliphatic rings. The highest BCUT2D eigenvalue weighted by molar-refractivity contribution is 5.40. The third-order valence-electron chi connectivity index (χ3n) is 4.44. The molecule has 0 atom stereocenters. The van der Waals surface area contributed by atoms with E-state index in [4.69, 9.17) is 4.74 Å². The second-order valence-corrected chi connectivity index (χ2v) is 5.64. The summed E-state index contributed by atoms with van der Waals surface area (Å²) in [6.45, 7) is 0. The molecule has 3 rings (SSSR count). The van der Waals surface area contributed by atoms with Crippen molar-refractivity contribution in [1.82, 2.24) is 0 Å². The zero-order valence-corrected chi connectivity index (χ0v) is 11.1. The smallest absolute Gasteiger partial charge is 0.235 e. The Morgan fingerprint density at radius 3 is 2.32 bits per heavy atom. The van der Waals surface area contributed by atoms with E-state index in [1.54, 1.807) is 6.08 Å². The molecular formula is C16H19NO2. The highest BCUT2D eigenvalue weighted by atomic mass is 16.5. The lowest BCUT2D eigenvalue weighted by Crippen LogP contribution is -2.24. The van der Waals surface area contributed by atoms with Crippen LogP contribution in [0.5, 0.6) is 5.75 Å². The number of nitrogens with zero attached hydrogens (tertiary/aromatic N) is 1. The molecule has 0 amide bonds. The Balaban J connectivity index is 1.78. The third kappa shape index (κ3) is 2.43. The van der Waals surface area contributed by atoms with Gasteiger partial charge in [-0.05, 0) is 49.8 Å². The first-order valence-electron chi connectivity index (χ1n) is 7.19. The van der Waals surface area contributed by atoms with Gasteiger partial charge in [0.05, 0.1) is 11.6 Å². The van der Waals surface area contributed by atoms with Crippen molar-refractivity contribution in [3.05, 3.63) is 29.8 Å². The molecular weight excluding hydrogens is 238 g/mol. The number of hydrogen-bond acceptors (Lipinski definition) is 3. The van der Waals surface area contributed by atoms with Crippen LogP contribution in [0.15, 0.2) is 29.3 Å². The number of hydrogen-bond donors (Lipinski definition) is 0. The largest absolute Gasteiger partial charge is 0.490 e. The molecule has 0 N–H and O–H groups in total. The fraction of sp³-hybridized carbons (Fsp3) is 0.562. The minimum Gasteiger partial charge on any atom is -0.490 e. The summed E-state index contributed by atoms with van der Waals surface area (Å²) < 4.78 is 5.85. The monoisotopic (exact) mass is 257 g/mol. The van der Waals surface area contributed by atoms with Crippen molar-refractivity contribution in [1.29, 1.82) is 0 Å². The molecule has 100 valence electrons. The van der Waals surface area contributed by atoms with Gasteiger partial charge in [-0.3, -0.25) is 0 Å². The van der Waals surface area contributed by atoms with Gasteiger partial charge in [0, 0.05) is 0 Å². The highest BCUT2D eigenvalue weighted by Gasteiger charge is 2.35. The van der Waals surface area contributed by atoms with Gasteiger partial charge in [0.25, 0.3) is 0 Å². The Morgan fingerprint density at radius 2 is 1.79 bits per heavy atom. The standard InChI is InChI=1S/C16H19NO2/c18-12-17-16(10-1-2-11-16)13-6-8-15(9-7-13)19-14-4-3-5-14/h6-9,14H,1-5,10-11H2. The SMILES string of the molecule is O=C=NC1(c2ccc(OC3CCC3)cc2)CCCC1. The van der Waals surface area contributed by atoms with Gasteiger partial charge >= 0.3 is 0 Å². The summed E-state index contributed by atoms with van der Waals surface area (Å²) in [5, 5.41) is 0. The third-order valence-corrected chi connectivity index (χ3v) is 4.44. The normalized spacial score (nSPS) is 21.5. The van der Waals surface area contributed by atoms with Crippen LogP contribution >= 0.6 is 0 Å². The first-order valence-corrected chi connectivity index (χ1v) is 7.19. The van der Waals surface area contributed by atoms with Crippen molar-refractivity contribution in [2.75, 3.05) is 0 Å². The quantitative estimate of drug-likeness (QED) is 0.609. The number of benzene rings is 1. The zero-order valence-electron chi connectivity index (χ0n) is 11.1. The van der Waals surface area contributed by atoms with Crippen LogP contribution in [0.1, 0.15) is 50.5 Å². The number of aliphatic imine (C=N–C) groups is 1. The van der Waals surface area contributed by atoms with Crippen molar-refractivity contribution < 1.29 is 9.53 Å². The molecule has 2 fully saturated rings. The Kier molecular flexibility index (Phi) is 3.39. The number of ether oxygens (including phenoxy) is 1. The van der Waals surface area contributed by atoms with E-state index in [9.17, 15) is 4.79 Å². The summed E-state index contributed by atoms with van der Waals surface area (Å²) in [7, 11) is 0. The molecule has 2 aliphatic carbocycles. The van der Waals surface area contributed by atoms with Gasteiger partial charge in [0.1, 0.15) is 5.75 Å². The Labute approximate surface area is 113 Å². The Bertz CT molecular complexity index is 478. The predicted octanol–water partition coefficient (Wildman–Crippen LogP) is 3.72. The average Bonchev–Trinajstić information content (AvgIpc) is 2.85. The van der Waals surface area contributed by atoms with Crippen LogP contribution in [-0.2, 0) is 10.3 Å². The molecule has 3 heteroatoms. The molecule has 0 unspecified atom stereocenters. The highest BCUT2D eigenvalue weighted by Crippen LogP contribution is 2.42. The topological polar surface area (TPSA) is 38.7 Å². The van der Waals surface area contributed by atoms with Crippen molar-refractivity contribution in [3.63, 3.8) is 0 Å². The van der Waals surface area contributed by atoms with Gasteiger partial charge in [-0.1, -0.05) is 25.0 Å². The summed E-state index contributed by atoms with van der Waals surface area (Å²) in [5.41, 5.74) is 0.797. The van der Waals surface area contributed by atoms with Gasteiger partial charge < -0.3 is 4.74 Å². The minimum absolute atomic E-state index is 0.323. The summed E-state index contributed by atoms with van der Waals surface area (Å²) in [6, 6.07) is 8.13. The van der Waals surface area contributed by atoms with E-state index in [2.05, 4.69) is 17.1 Å². The Hall–Kier alpha value is -1.60. The number of isocyanates is 1. The van der Waals surface area contributed by atoms with Gasteiger partial charge in [0.2, 0.25) is 6.08 Å². The fourth-order valence-corrected chi connectivity index (χ4v) is 3.04. The number of carbonyl (C=O) groups excluding carboxylic acids is 1. The van der Waals surface area contributed by atoms with Crippen molar-refractivity contribution in [2.24, 2.45) is 4.99 Å². The average molecular weight is 257 g/mol. The second-order valence-electron chi connectivity index (χ2n) is 5.64. The zero-order chi connectivity index (χ0) is 13.1. The maximum absolute atomic E-state index is 10.7. The molecule has 0 radical (unpaired) electrons. The first-order chi connectivity index (χ1) is 9.32. The Morgan fingerprint density at radius 1 is 1.11 bits per heavy atom. The molecule has 2 saturated carbocycles. The van der Waals surface area contributed by atoms with E-state index in [-0.39, 0.29) is 5.54 Å². The lowest BCUT2D eigenvalue weighted by atomic mass is 9.89. The summed E-state index contributed by atoms with van der Waals surface area (Å²) >= 11 is 0. The maximum atomic E-state index is 10.7. The van der Waals surface area contributed by atoms with Crippen LogP contribution in [0.4, 0.5) is 0 Å². The minimum atomic E-state index is -0.323. The van der Waals surface area contributed by atoms with Crippen molar-refractivity contribution in [3.8, 4) is 5.75 Å². The van der Waals surface area contributed by atoms with E-state index in [0.717, 1.165) is 37.0 Å². The van der Waals surface area contributed by atoms with Crippen LogP contribution in [0.2, 0.25) is 0 Å². The van der Waals surface area contributed by atoms with Crippen LogP contribution in [-0.4, -0.2) is 12.2 Å². The molecule has 19 heavy (non-hydrogen) atoms. The first kappa shape index (κ1) is 12.4. The summed E-state index contributed by atoms with van der Waals surface area (Å²) in [4.78, 5) is 14.8. The molecule has 3 nitrogen and oxygen atoms in total.